The van der Waals surface area contributed by atoms with Gasteiger partial charge in [-0.3, -0.25) is 0 Å². The molecule has 0 N–H and O–H groups in total. The van der Waals surface area contributed by atoms with Crippen molar-refractivity contribution in [2.24, 2.45) is 0 Å². The Labute approximate surface area is 95.0 Å². The summed E-state index contributed by atoms with van der Waals surface area (Å²) in [5, 5.41) is 1.60. The van der Waals surface area contributed by atoms with Gasteiger partial charge in [0.15, 0.2) is 0 Å². The molecule has 1 aromatic heterocycles. The van der Waals surface area contributed by atoms with Gasteiger partial charge in [0.05, 0.1) is 17.6 Å². The molecule has 1 aromatic carbocycles. The molecule has 14 heavy (non-hydrogen) atoms. The molecule has 72 valence electrons. The molecule has 0 aliphatic heterocycles. The Morgan fingerprint density at radius 1 is 1.36 bits per heavy atom. The van der Waals surface area contributed by atoms with Crippen LogP contribution < -0.4 is 4.74 Å². The van der Waals surface area contributed by atoms with Crippen LogP contribution in [0.1, 0.15) is 0 Å². The van der Waals surface area contributed by atoms with Crippen molar-refractivity contribution < 1.29 is 4.74 Å². The van der Waals surface area contributed by atoms with Gasteiger partial charge in [-0.25, -0.2) is 4.98 Å². The minimum atomic E-state index is 0.601. The largest absolute Gasteiger partial charge is 0.495 e. The maximum absolute atomic E-state index is 5.98. The number of fused-ring (bicyclic) bond motifs is 1. The summed E-state index contributed by atoms with van der Waals surface area (Å²) < 4.78 is 5.91. The zero-order chi connectivity index (χ0) is 10.1. The topological polar surface area (TPSA) is 22.1 Å². The monoisotopic (exact) mass is 271 g/mol. The van der Waals surface area contributed by atoms with Crippen molar-refractivity contribution in [1.29, 1.82) is 0 Å². The number of hydrogen-bond acceptors (Lipinski definition) is 2. The average molecular weight is 273 g/mol. The Bertz CT molecular complexity index is 487. The van der Waals surface area contributed by atoms with E-state index in [4.69, 9.17) is 16.3 Å². The van der Waals surface area contributed by atoms with Gasteiger partial charge in [-0.2, -0.15) is 0 Å². The molecule has 0 aliphatic rings. The molecule has 0 bridgehead atoms. The molecule has 0 atom stereocenters. The van der Waals surface area contributed by atoms with Crippen LogP contribution in [0.25, 0.3) is 10.9 Å². The van der Waals surface area contributed by atoms with Crippen molar-refractivity contribution in [3.8, 4) is 5.75 Å². The highest BCUT2D eigenvalue weighted by molar-refractivity contribution is 9.10. The van der Waals surface area contributed by atoms with Crippen molar-refractivity contribution in [3.63, 3.8) is 0 Å². The highest BCUT2D eigenvalue weighted by Gasteiger charge is 2.04. The number of rotatable bonds is 1. The fourth-order valence-corrected chi connectivity index (χ4v) is 1.83. The van der Waals surface area contributed by atoms with Gasteiger partial charge in [0, 0.05) is 11.5 Å². The maximum atomic E-state index is 5.98. The lowest BCUT2D eigenvalue weighted by molar-refractivity contribution is 0.415. The molecule has 2 aromatic rings. The van der Waals surface area contributed by atoms with Gasteiger partial charge in [-0.15, -0.1) is 0 Å². The van der Waals surface area contributed by atoms with Crippen LogP contribution in [0.5, 0.6) is 5.75 Å². The van der Waals surface area contributed by atoms with Crippen molar-refractivity contribution in [2.75, 3.05) is 7.11 Å². The van der Waals surface area contributed by atoms with Crippen LogP contribution in [-0.2, 0) is 0 Å². The summed E-state index contributed by atoms with van der Waals surface area (Å²) in [5.41, 5.74) is 0.862. The summed E-state index contributed by atoms with van der Waals surface area (Å²) in [4.78, 5) is 4.30. The Hall–Kier alpha value is -0.800. The fourth-order valence-electron chi connectivity index (χ4n) is 1.26. The summed E-state index contributed by atoms with van der Waals surface area (Å²) in [6, 6.07) is 7.50. The molecule has 0 amide bonds. The summed E-state index contributed by atoms with van der Waals surface area (Å²) in [5.74, 6) is 0.643. The average Bonchev–Trinajstić information content (AvgIpc) is 2.17. The van der Waals surface area contributed by atoms with Crippen molar-refractivity contribution in [2.45, 2.75) is 0 Å². The lowest BCUT2D eigenvalue weighted by Crippen LogP contribution is -1.86. The highest BCUT2D eigenvalue weighted by atomic mass is 79.9. The first-order valence-corrected chi connectivity index (χ1v) is 5.17. The smallest absolute Gasteiger partial charge is 0.139 e. The molecule has 0 spiro atoms. The Morgan fingerprint density at radius 2 is 2.14 bits per heavy atom. The van der Waals surface area contributed by atoms with Crippen LogP contribution in [0.3, 0.4) is 0 Å². The van der Waals surface area contributed by atoms with E-state index in [1.54, 1.807) is 7.11 Å². The van der Waals surface area contributed by atoms with Crippen LogP contribution in [0.2, 0.25) is 5.02 Å². The van der Waals surface area contributed by atoms with Crippen LogP contribution in [0.4, 0.5) is 0 Å². The third-order valence-electron chi connectivity index (χ3n) is 1.93. The van der Waals surface area contributed by atoms with Gasteiger partial charge in [0.2, 0.25) is 0 Å². The number of benzene rings is 1. The Morgan fingerprint density at radius 3 is 2.86 bits per heavy atom. The number of halogens is 2. The first kappa shape index (κ1) is 9.74. The second-order valence-corrected chi connectivity index (χ2v) is 4.03. The van der Waals surface area contributed by atoms with E-state index in [-0.39, 0.29) is 0 Å². The van der Waals surface area contributed by atoms with Gasteiger partial charge in [0.1, 0.15) is 10.4 Å². The molecule has 2 rings (SSSR count). The third-order valence-corrected chi connectivity index (χ3v) is 2.67. The number of pyridine rings is 1. The normalized spacial score (nSPS) is 10.5. The molecule has 4 heteroatoms. The predicted molar refractivity (Wildman–Crippen MR) is 61.0 cm³/mol. The molecule has 2 nitrogen and oxygen atoms in total. The number of methoxy groups -OCH3 is 1. The van der Waals surface area contributed by atoms with Crippen LogP contribution >= 0.6 is 27.5 Å². The summed E-state index contributed by atoms with van der Waals surface area (Å²) in [7, 11) is 1.59. The first-order chi connectivity index (χ1) is 6.70. The zero-order valence-electron chi connectivity index (χ0n) is 7.42. The molecule has 0 aliphatic carbocycles. The number of hydrogen-bond donors (Lipinski definition) is 0. The maximum Gasteiger partial charge on any atom is 0.139 e. The SMILES string of the molecule is COc1cc2nc(Br)ccc2cc1Cl. The second kappa shape index (κ2) is 3.75. The molecule has 0 saturated heterocycles. The lowest BCUT2D eigenvalue weighted by atomic mass is 10.2. The molecule has 1 heterocycles. The van der Waals surface area contributed by atoms with E-state index in [9.17, 15) is 0 Å². The van der Waals surface area contributed by atoms with E-state index in [0.29, 0.717) is 10.8 Å². The van der Waals surface area contributed by atoms with E-state index in [0.717, 1.165) is 15.5 Å². The minimum Gasteiger partial charge on any atom is -0.495 e. The van der Waals surface area contributed by atoms with Gasteiger partial charge in [-0.1, -0.05) is 17.7 Å². The van der Waals surface area contributed by atoms with E-state index >= 15 is 0 Å². The van der Waals surface area contributed by atoms with E-state index < -0.39 is 0 Å². The van der Waals surface area contributed by atoms with E-state index in [1.807, 2.05) is 24.3 Å². The highest BCUT2D eigenvalue weighted by Crippen LogP contribution is 2.29. The molecule has 0 fully saturated rings. The molecule has 0 saturated carbocycles. The van der Waals surface area contributed by atoms with Crippen LogP contribution in [-0.4, -0.2) is 12.1 Å². The third kappa shape index (κ3) is 1.70. The van der Waals surface area contributed by atoms with Crippen LogP contribution in [0, 0.1) is 0 Å². The molecular formula is C10H7BrClNO. The molecular weight excluding hydrogens is 265 g/mol. The number of ether oxygens (including phenoxy) is 1. The van der Waals surface area contributed by atoms with Gasteiger partial charge in [0.25, 0.3) is 0 Å². The fraction of sp³-hybridized carbons (Fsp3) is 0.100. The standard InChI is InChI=1S/C10H7BrClNO/c1-14-9-5-8-6(4-7(9)12)2-3-10(11)13-8/h2-5H,1H3. The Balaban J connectivity index is 2.73. The van der Waals surface area contributed by atoms with E-state index in [1.165, 1.54) is 0 Å². The molecule has 0 unspecified atom stereocenters. The summed E-state index contributed by atoms with van der Waals surface area (Å²) in [6.07, 6.45) is 0. The van der Waals surface area contributed by atoms with E-state index in [2.05, 4.69) is 20.9 Å². The summed E-state index contributed by atoms with van der Waals surface area (Å²) >= 11 is 9.29. The van der Waals surface area contributed by atoms with Crippen LogP contribution in [0.15, 0.2) is 28.9 Å². The zero-order valence-corrected chi connectivity index (χ0v) is 9.76. The van der Waals surface area contributed by atoms with Gasteiger partial charge < -0.3 is 4.74 Å². The Kier molecular flexibility index (Phi) is 2.61. The minimum absolute atomic E-state index is 0.601. The predicted octanol–water partition coefficient (Wildman–Crippen LogP) is 3.66. The van der Waals surface area contributed by atoms with Gasteiger partial charge in [-0.05, 0) is 28.1 Å². The quantitative estimate of drug-likeness (QED) is 0.739. The summed E-state index contributed by atoms with van der Waals surface area (Å²) in [6.45, 7) is 0. The van der Waals surface area contributed by atoms with Crippen molar-refractivity contribution in [3.05, 3.63) is 33.9 Å². The molecule has 0 radical (unpaired) electrons. The number of aromatic nitrogens is 1. The van der Waals surface area contributed by atoms with Crippen molar-refractivity contribution >= 4 is 38.4 Å². The number of nitrogens with zero attached hydrogens (tertiary/aromatic N) is 1. The van der Waals surface area contributed by atoms with Crippen molar-refractivity contribution in [1.82, 2.24) is 4.98 Å². The lowest BCUT2D eigenvalue weighted by Gasteiger charge is -2.04. The van der Waals surface area contributed by atoms with Gasteiger partial charge >= 0.3 is 0 Å². The second-order valence-electron chi connectivity index (χ2n) is 2.81. The first-order valence-electron chi connectivity index (χ1n) is 4.00.